The van der Waals surface area contributed by atoms with Crippen LogP contribution in [0.1, 0.15) is 49.9 Å². The van der Waals surface area contributed by atoms with Crippen LogP contribution in [0.3, 0.4) is 0 Å². The highest BCUT2D eigenvalue weighted by atomic mass is 28.4. The molecular formula is C37H45N5O4Si. The van der Waals surface area contributed by atoms with Crippen molar-refractivity contribution in [3.05, 3.63) is 114 Å². The van der Waals surface area contributed by atoms with Crippen LogP contribution in [-0.2, 0) is 19.5 Å². The Bertz CT molecular complexity index is 1730. The predicted octanol–water partition coefficient (Wildman–Crippen LogP) is 7.15. The van der Waals surface area contributed by atoms with E-state index in [2.05, 4.69) is 109 Å². The monoisotopic (exact) mass is 651 g/mol. The largest absolute Gasteiger partial charge is 0.497 e. The highest BCUT2D eigenvalue weighted by Gasteiger charge is 2.45. The molecule has 0 spiro atoms. The molecule has 0 bridgehead atoms. The topological polar surface area (TPSA) is 107 Å². The van der Waals surface area contributed by atoms with Gasteiger partial charge in [0.2, 0.25) is 0 Å². The van der Waals surface area contributed by atoms with Crippen LogP contribution in [0.2, 0.25) is 18.1 Å². The third-order valence-electron chi connectivity index (χ3n) is 9.77. The molecule has 10 heteroatoms. The van der Waals surface area contributed by atoms with Gasteiger partial charge in [0.05, 0.1) is 44.9 Å². The Labute approximate surface area is 278 Å². The molecule has 0 amide bonds. The average molecular weight is 652 g/mol. The Balaban J connectivity index is 1.36. The molecule has 2 N–H and O–H groups in total. The molecule has 5 aromatic rings. The van der Waals surface area contributed by atoms with Crippen molar-refractivity contribution in [1.82, 2.24) is 19.5 Å². The molecular weight excluding hydrogens is 607 g/mol. The molecule has 0 aliphatic carbocycles. The number of imidazole rings is 1. The fourth-order valence-corrected chi connectivity index (χ4v) is 7.50. The number of ether oxygens (including phenoxy) is 3. The molecule has 0 saturated carbocycles. The van der Waals surface area contributed by atoms with E-state index in [0.29, 0.717) is 36.6 Å². The summed E-state index contributed by atoms with van der Waals surface area (Å²) in [7, 11) is -0.502. The third kappa shape index (κ3) is 6.43. The summed E-state index contributed by atoms with van der Waals surface area (Å²) in [6.07, 6.45) is 3.52. The van der Waals surface area contributed by atoms with Crippen molar-refractivity contribution in [3.63, 3.8) is 0 Å². The number of rotatable bonds is 10. The van der Waals surface area contributed by atoms with Crippen LogP contribution < -0.4 is 10.5 Å². The summed E-state index contributed by atoms with van der Waals surface area (Å²) >= 11 is 0. The SMILES string of the molecule is COc1ccc(C(OC[C@@H]2C[C@H](O[Si](C)(C)C(C)(C)C)[C@H](n3cnc4c(N)ncnc43)CO2)(c2ccccc2)c2ccccc2)cc1. The van der Waals surface area contributed by atoms with Gasteiger partial charge < -0.3 is 28.9 Å². The first-order valence-corrected chi connectivity index (χ1v) is 19.1. The van der Waals surface area contributed by atoms with Gasteiger partial charge in [0.15, 0.2) is 19.8 Å². The summed E-state index contributed by atoms with van der Waals surface area (Å²) in [5, 5.41) is 0.0234. The number of hydrogen-bond donors (Lipinski definition) is 1. The van der Waals surface area contributed by atoms with E-state index in [0.717, 1.165) is 22.4 Å². The van der Waals surface area contributed by atoms with E-state index in [1.165, 1.54) is 6.33 Å². The molecule has 1 aliphatic heterocycles. The number of benzene rings is 3. The van der Waals surface area contributed by atoms with Gasteiger partial charge in [-0.15, -0.1) is 0 Å². The molecule has 3 atom stereocenters. The van der Waals surface area contributed by atoms with Crippen LogP contribution in [0.4, 0.5) is 5.82 Å². The molecule has 1 aliphatic rings. The van der Waals surface area contributed by atoms with E-state index in [-0.39, 0.29) is 23.3 Å². The highest BCUT2D eigenvalue weighted by Crippen LogP contribution is 2.43. The maximum atomic E-state index is 7.19. The van der Waals surface area contributed by atoms with Crippen LogP contribution in [0.25, 0.3) is 11.2 Å². The standard InChI is InChI=1S/C37H45N5O4Si/c1-36(2,3)47(5,6)46-32-21-30(44-23-31(32)42-25-41-33-34(38)39-24-40-35(33)42)22-45-37(26-13-9-7-10-14-26,27-15-11-8-12-16-27)28-17-19-29(43-4)20-18-28/h7-20,24-25,30-32H,21-23H2,1-6H3,(H2,38,39,40)/t30-,31+,32-/m0/s1. The highest BCUT2D eigenvalue weighted by molar-refractivity contribution is 6.74. The van der Waals surface area contributed by atoms with E-state index in [1.807, 2.05) is 28.8 Å². The molecule has 3 heterocycles. The number of fused-ring (bicyclic) bond motifs is 1. The molecule has 6 rings (SSSR count). The summed E-state index contributed by atoms with van der Waals surface area (Å²) < 4.78 is 28.5. The maximum Gasteiger partial charge on any atom is 0.192 e. The average Bonchev–Trinajstić information content (AvgIpc) is 3.51. The van der Waals surface area contributed by atoms with Gasteiger partial charge in [-0.25, -0.2) is 15.0 Å². The maximum absolute atomic E-state index is 7.19. The van der Waals surface area contributed by atoms with Gasteiger partial charge in [-0.05, 0) is 47.0 Å². The minimum absolute atomic E-state index is 0.0234. The Morgan fingerprint density at radius 2 is 1.49 bits per heavy atom. The number of aromatic nitrogens is 4. The Morgan fingerprint density at radius 3 is 2.09 bits per heavy atom. The lowest BCUT2D eigenvalue weighted by Gasteiger charge is -2.45. The van der Waals surface area contributed by atoms with Gasteiger partial charge in [0.1, 0.15) is 23.2 Å². The third-order valence-corrected chi connectivity index (χ3v) is 14.3. The number of anilines is 1. The van der Waals surface area contributed by atoms with Crippen molar-refractivity contribution < 1.29 is 18.6 Å². The minimum atomic E-state index is -2.18. The Kier molecular flexibility index (Phi) is 9.22. The van der Waals surface area contributed by atoms with E-state index in [4.69, 9.17) is 24.4 Å². The number of hydrogen-bond acceptors (Lipinski definition) is 8. The fraction of sp³-hybridized carbons (Fsp3) is 0.378. The van der Waals surface area contributed by atoms with Crippen LogP contribution >= 0.6 is 0 Å². The van der Waals surface area contributed by atoms with Crippen molar-refractivity contribution in [2.45, 2.75) is 69.2 Å². The van der Waals surface area contributed by atoms with Gasteiger partial charge in [-0.1, -0.05) is 93.6 Å². The summed E-state index contributed by atoms with van der Waals surface area (Å²) in [5.41, 5.74) is 9.58. The van der Waals surface area contributed by atoms with Crippen molar-refractivity contribution >= 4 is 25.3 Å². The van der Waals surface area contributed by atoms with Gasteiger partial charge in [0.25, 0.3) is 0 Å². The van der Waals surface area contributed by atoms with Crippen molar-refractivity contribution in [2.24, 2.45) is 0 Å². The summed E-state index contributed by atoms with van der Waals surface area (Å²) in [4.78, 5) is 13.2. The number of nitrogens with two attached hydrogens (primary N) is 1. The lowest BCUT2D eigenvalue weighted by Crippen LogP contribution is -2.51. The smallest absolute Gasteiger partial charge is 0.192 e. The molecule has 1 fully saturated rings. The number of nitrogen functional groups attached to an aromatic ring is 1. The number of methoxy groups -OCH3 is 1. The first-order valence-electron chi connectivity index (χ1n) is 16.2. The zero-order chi connectivity index (χ0) is 33.2. The quantitative estimate of drug-likeness (QED) is 0.125. The van der Waals surface area contributed by atoms with Crippen molar-refractivity contribution in [2.75, 3.05) is 26.1 Å². The summed E-state index contributed by atoms with van der Waals surface area (Å²) in [6, 6.07) is 28.7. The molecule has 47 heavy (non-hydrogen) atoms. The Morgan fingerprint density at radius 1 is 0.872 bits per heavy atom. The summed E-state index contributed by atoms with van der Waals surface area (Å²) in [5.74, 6) is 1.14. The second-order valence-corrected chi connectivity index (χ2v) is 18.5. The molecule has 1 saturated heterocycles. The summed E-state index contributed by atoms with van der Waals surface area (Å²) in [6.45, 7) is 12.1. The van der Waals surface area contributed by atoms with Gasteiger partial charge in [-0.3, -0.25) is 0 Å². The Hall–Kier alpha value is -4.09. The first-order chi connectivity index (χ1) is 22.5. The molecule has 3 aromatic carbocycles. The van der Waals surface area contributed by atoms with Gasteiger partial charge >= 0.3 is 0 Å². The predicted molar refractivity (Wildman–Crippen MR) is 187 cm³/mol. The molecule has 2 aromatic heterocycles. The van der Waals surface area contributed by atoms with Crippen LogP contribution in [-0.4, -0.2) is 60.4 Å². The second-order valence-electron chi connectivity index (χ2n) is 13.7. The molecule has 0 unspecified atom stereocenters. The minimum Gasteiger partial charge on any atom is -0.497 e. The zero-order valence-electron chi connectivity index (χ0n) is 28.1. The van der Waals surface area contributed by atoms with Gasteiger partial charge in [-0.2, -0.15) is 0 Å². The van der Waals surface area contributed by atoms with Crippen LogP contribution in [0.15, 0.2) is 97.6 Å². The molecule has 246 valence electrons. The number of nitrogens with zero attached hydrogens (tertiary/aromatic N) is 4. The van der Waals surface area contributed by atoms with E-state index in [1.54, 1.807) is 13.4 Å². The van der Waals surface area contributed by atoms with E-state index in [9.17, 15) is 0 Å². The van der Waals surface area contributed by atoms with Crippen molar-refractivity contribution in [3.8, 4) is 5.75 Å². The van der Waals surface area contributed by atoms with Crippen LogP contribution in [0.5, 0.6) is 5.75 Å². The molecule has 9 nitrogen and oxygen atoms in total. The fourth-order valence-electron chi connectivity index (χ4n) is 6.14. The van der Waals surface area contributed by atoms with E-state index < -0.39 is 13.9 Å². The van der Waals surface area contributed by atoms with E-state index >= 15 is 0 Å². The lowest BCUT2D eigenvalue weighted by molar-refractivity contribution is -0.119. The first kappa shape index (κ1) is 32.8. The van der Waals surface area contributed by atoms with Gasteiger partial charge in [0, 0.05) is 6.42 Å². The lowest BCUT2D eigenvalue weighted by atomic mass is 9.80. The zero-order valence-corrected chi connectivity index (χ0v) is 29.1. The normalized spacial score (nSPS) is 19.1. The second kappa shape index (κ2) is 13.2. The van der Waals surface area contributed by atoms with Crippen molar-refractivity contribution in [1.29, 1.82) is 0 Å². The molecule has 0 radical (unpaired) electrons. The van der Waals surface area contributed by atoms with Crippen LogP contribution in [0, 0.1) is 0 Å².